The Balaban J connectivity index is 2.32. The van der Waals surface area contributed by atoms with Gasteiger partial charge in [-0.2, -0.15) is 0 Å². The van der Waals surface area contributed by atoms with Crippen LogP contribution < -0.4 is 15.8 Å². The molecular weight excluding hydrogens is 252 g/mol. The summed E-state index contributed by atoms with van der Waals surface area (Å²) in [5.41, 5.74) is 5.00. The number of hydrogen-bond donors (Lipinski definition) is 2. The van der Waals surface area contributed by atoms with E-state index in [1.54, 1.807) is 31.5 Å². The van der Waals surface area contributed by atoms with Crippen LogP contribution >= 0.6 is 0 Å². The minimum Gasteiger partial charge on any atom is -0.497 e. The first-order valence-corrected chi connectivity index (χ1v) is 5.80. The number of anilines is 1. The number of methoxy groups -OCH3 is 1. The second-order valence-corrected chi connectivity index (χ2v) is 4.16. The zero-order chi connectivity index (χ0) is 13.9. The molecule has 0 aliphatic carbocycles. The van der Waals surface area contributed by atoms with E-state index >= 15 is 0 Å². The molecule has 0 saturated heterocycles. The molecule has 0 unspecified atom stereocenters. The van der Waals surface area contributed by atoms with Crippen LogP contribution in [0.1, 0.15) is 0 Å². The number of halogens is 2. The van der Waals surface area contributed by atoms with Gasteiger partial charge in [0.25, 0.3) is 5.92 Å². The minimum absolute atomic E-state index is 0.393. The lowest BCUT2D eigenvalue weighted by atomic mass is 10.1. The number of rotatable bonds is 5. The number of pyridine rings is 1. The fourth-order valence-electron chi connectivity index (χ4n) is 1.70. The van der Waals surface area contributed by atoms with Crippen molar-refractivity contribution in [3.63, 3.8) is 0 Å². The zero-order valence-electron chi connectivity index (χ0n) is 10.5. The van der Waals surface area contributed by atoms with Gasteiger partial charge in [-0.25, -0.2) is 13.8 Å². The summed E-state index contributed by atoms with van der Waals surface area (Å²) >= 11 is 0. The Bertz CT molecular complexity index is 575. The first-order valence-electron chi connectivity index (χ1n) is 5.80. The molecule has 0 aliphatic rings. The molecule has 4 nitrogen and oxygen atoms in total. The van der Waals surface area contributed by atoms with Crippen molar-refractivity contribution in [3.05, 3.63) is 30.5 Å². The number of benzene rings is 1. The van der Waals surface area contributed by atoms with E-state index in [1.807, 2.05) is 6.07 Å². The third kappa shape index (κ3) is 3.08. The molecule has 1 aromatic heterocycles. The third-order valence-electron chi connectivity index (χ3n) is 2.79. The van der Waals surface area contributed by atoms with Crippen molar-refractivity contribution >= 4 is 16.6 Å². The molecule has 3 N–H and O–H groups in total. The summed E-state index contributed by atoms with van der Waals surface area (Å²) < 4.78 is 31.4. The summed E-state index contributed by atoms with van der Waals surface area (Å²) in [6.45, 7) is -1.25. The van der Waals surface area contributed by atoms with Gasteiger partial charge in [0.1, 0.15) is 11.6 Å². The molecule has 6 heteroatoms. The maximum atomic E-state index is 13.1. The Morgan fingerprint density at radius 1 is 1.37 bits per heavy atom. The lowest BCUT2D eigenvalue weighted by molar-refractivity contribution is 0.0253. The van der Waals surface area contributed by atoms with Crippen LogP contribution in [-0.2, 0) is 0 Å². The third-order valence-corrected chi connectivity index (χ3v) is 2.79. The predicted octanol–water partition coefficient (Wildman–Crippen LogP) is 2.25. The molecule has 2 aromatic rings. The molecule has 19 heavy (non-hydrogen) atoms. The first kappa shape index (κ1) is 13.5. The highest BCUT2D eigenvalue weighted by molar-refractivity contribution is 5.92. The van der Waals surface area contributed by atoms with Gasteiger partial charge in [0.2, 0.25) is 0 Å². The van der Waals surface area contributed by atoms with Crippen molar-refractivity contribution < 1.29 is 13.5 Å². The van der Waals surface area contributed by atoms with Gasteiger partial charge in [0, 0.05) is 11.6 Å². The summed E-state index contributed by atoms with van der Waals surface area (Å²) in [7, 11) is 1.55. The molecule has 0 spiro atoms. The molecule has 2 rings (SSSR count). The summed E-state index contributed by atoms with van der Waals surface area (Å²) in [6, 6.07) is 7.22. The van der Waals surface area contributed by atoms with Crippen molar-refractivity contribution in [2.75, 3.05) is 25.5 Å². The van der Waals surface area contributed by atoms with E-state index < -0.39 is 19.0 Å². The molecule has 0 fully saturated rings. The topological polar surface area (TPSA) is 60.2 Å². The smallest absolute Gasteiger partial charge is 0.276 e. The summed E-state index contributed by atoms with van der Waals surface area (Å²) in [5, 5.41) is 4.26. The van der Waals surface area contributed by atoms with Crippen LogP contribution in [0.5, 0.6) is 5.75 Å². The van der Waals surface area contributed by atoms with E-state index in [0.29, 0.717) is 11.6 Å². The van der Waals surface area contributed by atoms with Gasteiger partial charge in [-0.15, -0.1) is 0 Å². The van der Waals surface area contributed by atoms with Gasteiger partial charge in [0.05, 0.1) is 20.2 Å². The molecule has 0 radical (unpaired) electrons. The normalized spacial score (nSPS) is 11.6. The highest BCUT2D eigenvalue weighted by Gasteiger charge is 2.26. The average molecular weight is 267 g/mol. The molecule has 1 heterocycles. The van der Waals surface area contributed by atoms with Crippen LogP contribution in [0.4, 0.5) is 14.6 Å². The second-order valence-electron chi connectivity index (χ2n) is 4.16. The fourth-order valence-corrected chi connectivity index (χ4v) is 1.70. The van der Waals surface area contributed by atoms with Crippen LogP contribution in [0.15, 0.2) is 30.5 Å². The Morgan fingerprint density at radius 3 is 2.84 bits per heavy atom. The van der Waals surface area contributed by atoms with E-state index in [4.69, 9.17) is 10.5 Å². The van der Waals surface area contributed by atoms with E-state index in [2.05, 4.69) is 10.3 Å². The Morgan fingerprint density at radius 2 is 2.16 bits per heavy atom. The lowest BCUT2D eigenvalue weighted by Crippen LogP contribution is -2.35. The van der Waals surface area contributed by atoms with Gasteiger partial charge in [-0.1, -0.05) is 6.07 Å². The van der Waals surface area contributed by atoms with Crippen LogP contribution in [0, 0.1) is 0 Å². The van der Waals surface area contributed by atoms with Gasteiger partial charge in [-0.05, 0) is 23.6 Å². The van der Waals surface area contributed by atoms with Gasteiger partial charge in [-0.3, -0.25) is 0 Å². The monoisotopic (exact) mass is 267 g/mol. The first-order chi connectivity index (χ1) is 9.05. The number of nitrogens with zero attached hydrogens (tertiary/aromatic N) is 1. The maximum absolute atomic E-state index is 13.1. The van der Waals surface area contributed by atoms with Crippen molar-refractivity contribution in [1.82, 2.24) is 4.98 Å². The molecular formula is C13H15F2N3O. The second kappa shape index (κ2) is 5.36. The average Bonchev–Trinajstić information content (AvgIpc) is 2.44. The van der Waals surface area contributed by atoms with Gasteiger partial charge >= 0.3 is 0 Å². The molecule has 1 aromatic carbocycles. The van der Waals surface area contributed by atoms with Crippen molar-refractivity contribution in [3.8, 4) is 5.75 Å². The maximum Gasteiger partial charge on any atom is 0.276 e. The highest BCUT2D eigenvalue weighted by atomic mass is 19.3. The fraction of sp³-hybridized carbons (Fsp3) is 0.308. The standard InChI is InChI=1S/C13H15F2N3O/c1-19-10-3-2-9-4-5-17-12(11(9)6-10)18-8-13(14,15)7-16/h2-6H,7-8,16H2,1H3,(H,17,18). The minimum atomic E-state index is -2.96. The SMILES string of the molecule is COc1ccc2ccnc(NCC(F)(F)CN)c2c1. The highest BCUT2D eigenvalue weighted by Crippen LogP contribution is 2.26. The molecule has 0 aliphatic heterocycles. The lowest BCUT2D eigenvalue weighted by Gasteiger charge is -2.16. The number of aromatic nitrogens is 1. The van der Waals surface area contributed by atoms with E-state index in [-0.39, 0.29) is 0 Å². The van der Waals surface area contributed by atoms with Crippen LogP contribution in [0.3, 0.4) is 0 Å². The summed E-state index contributed by atoms with van der Waals surface area (Å²) in [4.78, 5) is 4.08. The number of hydrogen-bond acceptors (Lipinski definition) is 4. The summed E-state index contributed by atoms with van der Waals surface area (Å²) in [6.07, 6.45) is 1.57. The van der Waals surface area contributed by atoms with Crippen molar-refractivity contribution in [2.24, 2.45) is 5.73 Å². The van der Waals surface area contributed by atoms with E-state index in [9.17, 15) is 8.78 Å². The molecule has 0 amide bonds. The number of ether oxygens (including phenoxy) is 1. The molecule has 0 atom stereocenters. The van der Waals surface area contributed by atoms with E-state index in [1.165, 1.54) is 0 Å². The Hall–Kier alpha value is -1.95. The predicted molar refractivity (Wildman–Crippen MR) is 70.8 cm³/mol. The summed E-state index contributed by atoms with van der Waals surface area (Å²) in [5.74, 6) is -1.92. The quantitative estimate of drug-likeness (QED) is 0.872. The van der Waals surface area contributed by atoms with Crippen LogP contribution in [-0.4, -0.2) is 31.1 Å². The van der Waals surface area contributed by atoms with Crippen molar-refractivity contribution in [2.45, 2.75) is 5.92 Å². The molecule has 102 valence electrons. The van der Waals surface area contributed by atoms with Crippen LogP contribution in [0.25, 0.3) is 10.8 Å². The molecule has 0 saturated carbocycles. The largest absolute Gasteiger partial charge is 0.497 e. The zero-order valence-corrected chi connectivity index (χ0v) is 10.5. The van der Waals surface area contributed by atoms with Crippen molar-refractivity contribution in [1.29, 1.82) is 0 Å². The van der Waals surface area contributed by atoms with Gasteiger partial charge in [0.15, 0.2) is 0 Å². The van der Waals surface area contributed by atoms with E-state index in [0.717, 1.165) is 10.8 Å². The number of alkyl halides is 2. The number of fused-ring (bicyclic) bond motifs is 1. The van der Waals surface area contributed by atoms with Gasteiger partial charge < -0.3 is 15.8 Å². The Labute approximate surface area is 109 Å². The number of nitrogens with one attached hydrogen (secondary N) is 1. The van der Waals surface area contributed by atoms with Crippen LogP contribution in [0.2, 0.25) is 0 Å². The molecule has 0 bridgehead atoms. The Kier molecular flexibility index (Phi) is 3.80. The number of nitrogens with two attached hydrogens (primary N) is 1.